The van der Waals surface area contributed by atoms with E-state index in [4.69, 9.17) is 5.26 Å². The second-order valence-electron chi connectivity index (χ2n) is 3.40. The van der Waals surface area contributed by atoms with Gasteiger partial charge in [-0.15, -0.1) is 11.3 Å². The Balaban J connectivity index is 2.60. The number of sulfonamides is 1. The molecule has 0 saturated carbocycles. The average molecular weight is 287 g/mol. The molecule has 0 bridgehead atoms. The molecule has 2 N–H and O–H groups in total. The Hall–Kier alpha value is -1.43. The van der Waals surface area contributed by atoms with Crippen molar-refractivity contribution in [2.75, 3.05) is 13.1 Å². The van der Waals surface area contributed by atoms with Crippen LogP contribution in [-0.2, 0) is 14.8 Å². The lowest BCUT2D eigenvalue weighted by Crippen LogP contribution is -2.36. The van der Waals surface area contributed by atoms with Gasteiger partial charge >= 0.3 is 0 Å². The Kier molecular flexibility index (Phi) is 5.27. The number of thiophene rings is 1. The van der Waals surface area contributed by atoms with Gasteiger partial charge in [0.2, 0.25) is 5.91 Å². The zero-order chi connectivity index (χ0) is 13.6. The zero-order valence-electron chi connectivity index (χ0n) is 9.76. The minimum atomic E-state index is -3.71. The zero-order valence-corrected chi connectivity index (χ0v) is 11.4. The van der Waals surface area contributed by atoms with Crippen molar-refractivity contribution in [2.24, 2.45) is 0 Å². The summed E-state index contributed by atoms with van der Waals surface area (Å²) in [6.45, 7) is 2.11. The lowest BCUT2D eigenvalue weighted by molar-refractivity contribution is -0.119. The molecule has 1 aromatic rings. The van der Waals surface area contributed by atoms with Crippen molar-refractivity contribution >= 4 is 27.3 Å². The van der Waals surface area contributed by atoms with Crippen molar-refractivity contribution in [2.45, 2.75) is 17.6 Å². The number of rotatable bonds is 6. The van der Waals surface area contributed by atoms with Gasteiger partial charge in [-0.25, -0.2) is 13.1 Å². The summed E-state index contributed by atoms with van der Waals surface area (Å²) in [4.78, 5) is 11.6. The van der Waals surface area contributed by atoms with Crippen molar-refractivity contribution in [1.82, 2.24) is 10.0 Å². The molecule has 98 valence electrons. The van der Waals surface area contributed by atoms with Gasteiger partial charge in [-0.2, -0.15) is 5.26 Å². The van der Waals surface area contributed by atoms with Gasteiger partial charge in [-0.3, -0.25) is 4.79 Å². The molecule has 0 saturated heterocycles. The third-order valence-electron chi connectivity index (χ3n) is 1.95. The van der Waals surface area contributed by atoms with Gasteiger partial charge in [0, 0.05) is 6.54 Å². The van der Waals surface area contributed by atoms with Gasteiger partial charge in [0.1, 0.15) is 15.2 Å². The van der Waals surface area contributed by atoms with E-state index in [-0.39, 0.29) is 16.7 Å². The average Bonchev–Trinajstić information content (AvgIpc) is 2.83. The number of nitriles is 1. The van der Waals surface area contributed by atoms with Gasteiger partial charge < -0.3 is 5.32 Å². The molecule has 1 heterocycles. The molecular weight excluding hydrogens is 274 g/mol. The Morgan fingerprint density at radius 1 is 1.50 bits per heavy atom. The Labute approximate surface area is 110 Å². The summed E-state index contributed by atoms with van der Waals surface area (Å²) < 4.78 is 25.7. The first kappa shape index (κ1) is 14.6. The fourth-order valence-electron chi connectivity index (χ4n) is 1.08. The molecule has 0 radical (unpaired) electrons. The summed E-state index contributed by atoms with van der Waals surface area (Å²) in [5.41, 5.74) is 0. The van der Waals surface area contributed by atoms with E-state index >= 15 is 0 Å². The topological polar surface area (TPSA) is 99.1 Å². The molecule has 0 spiro atoms. The lowest BCUT2D eigenvalue weighted by Gasteiger charge is -2.05. The molecule has 0 fully saturated rings. The van der Waals surface area contributed by atoms with Crippen LogP contribution in [0.3, 0.4) is 0 Å². The second kappa shape index (κ2) is 6.49. The van der Waals surface area contributed by atoms with Gasteiger partial charge in [0.05, 0.1) is 6.54 Å². The van der Waals surface area contributed by atoms with E-state index in [0.29, 0.717) is 11.4 Å². The molecule has 1 rings (SSSR count). The molecule has 6 nitrogen and oxygen atoms in total. The van der Waals surface area contributed by atoms with Crippen molar-refractivity contribution in [3.8, 4) is 6.07 Å². The predicted molar refractivity (Wildman–Crippen MR) is 67.5 cm³/mol. The third-order valence-corrected chi connectivity index (χ3v) is 4.83. The standard InChI is InChI=1S/C10H13N3O3S2/c1-2-5-12-9(14)7-13-18(15,16)10-4-3-8(6-11)17-10/h3-4,13H,2,5,7H2,1H3,(H,12,14). The fourth-order valence-corrected chi connectivity index (χ4v) is 3.21. The molecule has 8 heteroatoms. The molecular formula is C10H13N3O3S2. The van der Waals surface area contributed by atoms with Gasteiger partial charge in [0.25, 0.3) is 10.0 Å². The van der Waals surface area contributed by atoms with Crippen LogP contribution in [-0.4, -0.2) is 27.4 Å². The first-order valence-electron chi connectivity index (χ1n) is 5.26. The summed E-state index contributed by atoms with van der Waals surface area (Å²) in [6.07, 6.45) is 0.787. The number of nitrogens with one attached hydrogen (secondary N) is 2. The molecule has 0 aromatic carbocycles. The van der Waals surface area contributed by atoms with E-state index in [9.17, 15) is 13.2 Å². The van der Waals surface area contributed by atoms with E-state index in [0.717, 1.165) is 17.8 Å². The number of carbonyl (C=O) groups excluding carboxylic acids is 1. The first-order valence-corrected chi connectivity index (χ1v) is 7.56. The fraction of sp³-hybridized carbons (Fsp3) is 0.400. The highest BCUT2D eigenvalue weighted by atomic mass is 32.2. The highest BCUT2D eigenvalue weighted by molar-refractivity contribution is 7.91. The molecule has 0 atom stereocenters. The predicted octanol–water partition coefficient (Wildman–Crippen LogP) is 0.424. The minimum Gasteiger partial charge on any atom is -0.355 e. The van der Waals surface area contributed by atoms with Crippen LogP contribution in [0.5, 0.6) is 0 Å². The van der Waals surface area contributed by atoms with Crippen LogP contribution in [0, 0.1) is 11.3 Å². The lowest BCUT2D eigenvalue weighted by atomic mass is 10.5. The van der Waals surface area contributed by atoms with E-state index in [1.165, 1.54) is 12.1 Å². The number of hydrogen-bond acceptors (Lipinski definition) is 5. The van der Waals surface area contributed by atoms with Gasteiger partial charge in [-0.05, 0) is 18.6 Å². The van der Waals surface area contributed by atoms with Crippen LogP contribution < -0.4 is 10.0 Å². The van der Waals surface area contributed by atoms with Crippen molar-refractivity contribution < 1.29 is 13.2 Å². The molecule has 1 amide bonds. The van der Waals surface area contributed by atoms with Crippen LogP contribution in [0.15, 0.2) is 16.3 Å². The molecule has 0 aliphatic carbocycles. The summed E-state index contributed by atoms with van der Waals surface area (Å²) in [7, 11) is -3.71. The smallest absolute Gasteiger partial charge is 0.250 e. The number of nitrogens with zero attached hydrogens (tertiary/aromatic N) is 1. The normalized spacial score (nSPS) is 10.9. The maximum atomic E-state index is 11.7. The Bertz CT molecular complexity index is 557. The van der Waals surface area contributed by atoms with Crippen molar-refractivity contribution in [3.05, 3.63) is 17.0 Å². The van der Waals surface area contributed by atoms with E-state index < -0.39 is 10.0 Å². The maximum absolute atomic E-state index is 11.7. The van der Waals surface area contributed by atoms with Crippen LogP contribution in [0.2, 0.25) is 0 Å². The monoisotopic (exact) mass is 287 g/mol. The quantitative estimate of drug-likeness (QED) is 0.792. The van der Waals surface area contributed by atoms with Crippen LogP contribution in [0.4, 0.5) is 0 Å². The van der Waals surface area contributed by atoms with E-state index in [1.807, 2.05) is 13.0 Å². The Morgan fingerprint density at radius 3 is 2.78 bits per heavy atom. The Morgan fingerprint density at radius 2 is 2.22 bits per heavy atom. The molecule has 18 heavy (non-hydrogen) atoms. The summed E-state index contributed by atoms with van der Waals surface area (Å²) in [5.74, 6) is -0.377. The van der Waals surface area contributed by atoms with Crippen molar-refractivity contribution in [1.29, 1.82) is 5.26 Å². The molecule has 0 aliphatic heterocycles. The van der Waals surface area contributed by atoms with Gasteiger partial charge in [0.15, 0.2) is 0 Å². The minimum absolute atomic E-state index is 0.0299. The van der Waals surface area contributed by atoms with Crippen LogP contribution >= 0.6 is 11.3 Å². The summed E-state index contributed by atoms with van der Waals surface area (Å²) in [6, 6.07) is 4.63. The number of hydrogen-bond donors (Lipinski definition) is 2. The number of amides is 1. The first-order chi connectivity index (χ1) is 8.49. The SMILES string of the molecule is CCCNC(=O)CNS(=O)(=O)c1ccc(C#N)s1. The molecule has 0 unspecified atom stereocenters. The molecule has 1 aromatic heterocycles. The highest BCUT2D eigenvalue weighted by Crippen LogP contribution is 2.20. The summed E-state index contributed by atoms with van der Waals surface area (Å²) in [5, 5.41) is 11.2. The third kappa shape index (κ3) is 4.10. The van der Waals surface area contributed by atoms with Crippen molar-refractivity contribution in [3.63, 3.8) is 0 Å². The van der Waals surface area contributed by atoms with E-state index in [1.54, 1.807) is 0 Å². The molecule has 0 aliphatic rings. The van der Waals surface area contributed by atoms with E-state index in [2.05, 4.69) is 10.0 Å². The maximum Gasteiger partial charge on any atom is 0.250 e. The largest absolute Gasteiger partial charge is 0.355 e. The van der Waals surface area contributed by atoms with Crippen LogP contribution in [0.1, 0.15) is 18.2 Å². The number of carbonyl (C=O) groups is 1. The second-order valence-corrected chi connectivity index (χ2v) is 6.48. The highest BCUT2D eigenvalue weighted by Gasteiger charge is 2.17. The van der Waals surface area contributed by atoms with Gasteiger partial charge in [-0.1, -0.05) is 6.92 Å². The summed E-state index contributed by atoms with van der Waals surface area (Å²) >= 11 is 0.866. The van der Waals surface area contributed by atoms with Crippen LogP contribution in [0.25, 0.3) is 0 Å².